The van der Waals surface area contributed by atoms with Crippen LogP contribution >= 0.6 is 0 Å². The average molecular weight is 298 g/mol. The van der Waals surface area contributed by atoms with Crippen molar-refractivity contribution in [1.29, 1.82) is 0 Å². The molecule has 0 fully saturated rings. The van der Waals surface area contributed by atoms with Gasteiger partial charge in [-0.3, -0.25) is 0 Å². The number of rotatable bonds is 3. The Hall–Kier alpha value is -2.63. The van der Waals surface area contributed by atoms with E-state index in [1.807, 2.05) is 13.0 Å². The van der Waals surface area contributed by atoms with E-state index in [4.69, 9.17) is 4.74 Å². The zero-order valence-corrected chi connectivity index (χ0v) is 13.0. The number of hydrogen-bond acceptors (Lipinski definition) is 5. The molecule has 0 amide bonds. The largest absolute Gasteiger partial charge is 0.496 e. The highest BCUT2D eigenvalue weighted by Crippen LogP contribution is 2.30. The third-order valence-electron chi connectivity index (χ3n) is 3.67. The van der Waals surface area contributed by atoms with Crippen LogP contribution in [0, 0.1) is 6.92 Å². The number of methoxy groups -OCH3 is 1. The van der Waals surface area contributed by atoms with E-state index in [0.29, 0.717) is 22.8 Å². The normalized spacial score (nSPS) is 11.3. The van der Waals surface area contributed by atoms with Gasteiger partial charge in [0.05, 0.1) is 23.7 Å². The van der Waals surface area contributed by atoms with Crippen molar-refractivity contribution in [3.63, 3.8) is 0 Å². The number of aromatic hydroxyl groups is 1. The summed E-state index contributed by atoms with van der Waals surface area (Å²) in [5, 5.41) is 15.2. The van der Waals surface area contributed by atoms with Crippen LogP contribution in [0.2, 0.25) is 0 Å². The van der Waals surface area contributed by atoms with Crippen LogP contribution in [-0.2, 0) is 0 Å². The van der Waals surface area contributed by atoms with Gasteiger partial charge in [0.25, 0.3) is 5.95 Å². The lowest BCUT2D eigenvalue weighted by Gasteiger charge is -2.10. The highest BCUT2D eigenvalue weighted by Gasteiger charge is 2.14. The minimum absolute atomic E-state index is 0.0626. The second-order valence-electron chi connectivity index (χ2n) is 5.48. The Morgan fingerprint density at radius 3 is 2.59 bits per heavy atom. The second kappa shape index (κ2) is 5.29. The molecule has 6 heteroatoms. The highest BCUT2D eigenvalue weighted by atomic mass is 16.5. The molecule has 0 aliphatic carbocycles. The van der Waals surface area contributed by atoms with Crippen molar-refractivity contribution in [3.8, 4) is 17.6 Å². The lowest BCUT2D eigenvalue weighted by molar-refractivity contribution is 0.412. The van der Waals surface area contributed by atoms with E-state index in [0.717, 1.165) is 17.0 Å². The molecule has 6 nitrogen and oxygen atoms in total. The van der Waals surface area contributed by atoms with Gasteiger partial charge in [-0.1, -0.05) is 13.8 Å². The van der Waals surface area contributed by atoms with Crippen LogP contribution in [0.15, 0.2) is 24.4 Å². The van der Waals surface area contributed by atoms with Gasteiger partial charge in [0.1, 0.15) is 5.75 Å². The van der Waals surface area contributed by atoms with Gasteiger partial charge >= 0.3 is 0 Å². The summed E-state index contributed by atoms with van der Waals surface area (Å²) in [6, 6.07) is 5.47. The van der Waals surface area contributed by atoms with Gasteiger partial charge in [0, 0.05) is 11.8 Å². The van der Waals surface area contributed by atoms with Crippen LogP contribution in [0.4, 0.5) is 0 Å². The van der Waals surface area contributed by atoms with Crippen LogP contribution in [0.3, 0.4) is 0 Å². The maximum atomic E-state index is 10.2. The number of ether oxygens (including phenoxy) is 1. The molecular formula is C16H18N4O2. The van der Waals surface area contributed by atoms with Crippen LogP contribution in [0.25, 0.3) is 16.9 Å². The fourth-order valence-electron chi connectivity index (χ4n) is 2.37. The Balaban J connectivity index is 2.20. The third-order valence-corrected chi connectivity index (χ3v) is 3.67. The maximum absolute atomic E-state index is 10.2. The topological polar surface area (TPSA) is 73.1 Å². The summed E-state index contributed by atoms with van der Waals surface area (Å²) < 4.78 is 6.89. The monoisotopic (exact) mass is 298 g/mol. The van der Waals surface area contributed by atoms with Crippen molar-refractivity contribution < 1.29 is 9.84 Å². The smallest absolute Gasteiger partial charge is 0.254 e. The van der Waals surface area contributed by atoms with Crippen LogP contribution in [0.1, 0.15) is 31.0 Å². The number of benzene rings is 1. The zero-order valence-electron chi connectivity index (χ0n) is 13.0. The summed E-state index contributed by atoms with van der Waals surface area (Å²) in [5.41, 5.74) is 2.46. The molecule has 3 rings (SSSR count). The quantitative estimate of drug-likeness (QED) is 0.804. The van der Waals surface area contributed by atoms with Gasteiger partial charge in [-0.05, 0) is 31.0 Å². The molecule has 0 unspecified atom stereocenters. The fraction of sp³-hybridized carbons (Fsp3) is 0.312. The molecule has 0 spiro atoms. The van der Waals surface area contributed by atoms with Gasteiger partial charge < -0.3 is 9.84 Å². The van der Waals surface area contributed by atoms with E-state index in [2.05, 4.69) is 28.9 Å². The second-order valence-corrected chi connectivity index (χ2v) is 5.48. The van der Waals surface area contributed by atoms with Crippen LogP contribution in [0.5, 0.6) is 11.6 Å². The fourth-order valence-corrected chi connectivity index (χ4v) is 2.37. The van der Waals surface area contributed by atoms with Crippen molar-refractivity contribution in [1.82, 2.24) is 19.7 Å². The van der Waals surface area contributed by atoms with Crippen molar-refractivity contribution in [2.45, 2.75) is 26.7 Å². The SMILES string of the molecule is COc1ccc2c(O)nc(-n3ccc(C(C)C)n3)nc2c1C. The third kappa shape index (κ3) is 2.26. The number of hydrogen-bond donors (Lipinski definition) is 1. The van der Waals surface area contributed by atoms with Gasteiger partial charge in [0.2, 0.25) is 5.88 Å². The highest BCUT2D eigenvalue weighted by molar-refractivity contribution is 5.88. The minimum Gasteiger partial charge on any atom is -0.496 e. The van der Waals surface area contributed by atoms with Crippen molar-refractivity contribution in [2.24, 2.45) is 0 Å². The molecule has 0 saturated carbocycles. The van der Waals surface area contributed by atoms with Gasteiger partial charge in [-0.15, -0.1) is 0 Å². The molecule has 0 bridgehead atoms. The maximum Gasteiger partial charge on any atom is 0.254 e. The van der Waals surface area contributed by atoms with E-state index in [1.54, 1.807) is 30.1 Å². The Labute approximate surface area is 128 Å². The molecule has 3 aromatic rings. The van der Waals surface area contributed by atoms with Gasteiger partial charge in [0.15, 0.2) is 0 Å². The van der Waals surface area contributed by atoms with Crippen molar-refractivity contribution in [2.75, 3.05) is 7.11 Å². The predicted octanol–water partition coefficient (Wildman–Crippen LogP) is 2.96. The molecule has 2 heterocycles. The summed E-state index contributed by atoms with van der Waals surface area (Å²) in [6.45, 7) is 6.04. The zero-order chi connectivity index (χ0) is 15.9. The molecule has 2 aromatic heterocycles. The lowest BCUT2D eigenvalue weighted by atomic mass is 10.1. The molecule has 0 saturated heterocycles. The van der Waals surface area contributed by atoms with E-state index in [1.165, 1.54) is 0 Å². The summed E-state index contributed by atoms with van der Waals surface area (Å²) in [7, 11) is 1.61. The van der Waals surface area contributed by atoms with Crippen molar-refractivity contribution >= 4 is 10.9 Å². The minimum atomic E-state index is -0.0626. The first-order chi connectivity index (χ1) is 10.5. The number of nitrogens with zero attached hydrogens (tertiary/aromatic N) is 4. The summed E-state index contributed by atoms with van der Waals surface area (Å²) in [5.74, 6) is 1.32. The number of aryl methyl sites for hydroxylation is 1. The Bertz CT molecular complexity index is 840. The Morgan fingerprint density at radius 2 is 1.95 bits per heavy atom. The van der Waals surface area contributed by atoms with E-state index in [9.17, 15) is 5.11 Å². The van der Waals surface area contributed by atoms with Crippen LogP contribution < -0.4 is 4.74 Å². The predicted molar refractivity (Wildman–Crippen MR) is 83.7 cm³/mol. The van der Waals surface area contributed by atoms with Gasteiger partial charge in [-0.2, -0.15) is 10.1 Å². The summed E-state index contributed by atoms with van der Waals surface area (Å²) in [6.07, 6.45) is 1.80. The first-order valence-corrected chi connectivity index (χ1v) is 7.11. The summed E-state index contributed by atoms with van der Waals surface area (Å²) in [4.78, 5) is 8.68. The molecule has 0 aliphatic heterocycles. The van der Waals surface area contributed by atoms with E-state index in [-0.39, 0.29) is 5.88 Å². The molecule has 1 aromatic carbocycles. The Kier molecular flexibility index (Phi) is 3.44. The molecule has 0 aliphatic rings. The number of fused-ring (bicyclic) bond motifs is 1. The van der Waals surface area contributed by atoms with E-state index < -0.39 is 0 Å². The standard InChI is InChI=1S/C16H18N4O2/c1-9(2)12-7-8-20(19-12)16-17-14-10(3)13(22-4)6-5-11(14)15(21)18-16/h5-9H,1-4H3,(H,17,18,21). The molecule has 1 N–H and O–H groups in total. The van der Waals surface area contributed by atoms with E-state index >= 15 is 0 Å². The van der Waals surface area contributed by atoms with Gasteiger partial charge in [-0.25, -0.2) is 9.67 Å². The average Bonchev–Trinajstić information content (AvgIpc) is 2.98. The first-order valence-electron chi connectivity index (χ1n) is 7.11. The Morgan fingerprint density at radius 1 is 1.18 bits per heavy atom. The lowest BCUT2D eigenvalue weighted by Crippen LogP contribution is -2.04. The summed E-state index contributed by atoms with van der Waals surface area (Å²) >= 11 is 0. The molecular weight excluding hydrogens is 280 g/mol. The van der Waals surface area contributed by atoms with Crippen molar-refractivity contribution in [3.05, 3.63) is 35.7 Å². The molecule has 0 atom stereocenters. The molecule has 0 radical (unpaired) electrons. The van der Waals surface area contributed by atoms with Crippen LogP contribution in [-0.4, -0.2) is 32.0 Å². The first kappa shape index (κ1) is 14.3. The number of aromatic nitrogens is 4. The molecule has 22 heavy (non-hydrogen) atoms. The molecule has 114 valence electrons.